The Labute approximate surface area is 131 Å². The van der Waals surface area contributed by atoms with Crippen LogP contribution in [0.5, 0.6) is 0 Å². The van der Waals surface area contributed by atoms with Crippen LogP contribution in [0.3, 0.4) is 0 Å². The third-order valence-electron chi connectivity index (χ3n) is 4.29. The number of allylic oxidation sites excluding steroid dienone is 3. The van der Waals surface area contributed by atoms with E-state index in [4.69, 9.17) is 4.74 Å². The van der Waals surface area contributed by atoms with Gasteiger partial charge in [-0.15, -0.1) is 0 Å². The summed E-state index contributed by atoms with van der Waals surface area (Å²) in [6.07, 6.45) is 14.5. The van der Waals surface area contributed by atoms with Gasteiger partial charge in [-0.25, -0.2) is 0 Å². The van der Waals surface area contributed by atoms with Crippen LogP contribution in [0.2, 0.25) is 0 Å². The monoisotopic (exact) mass is 294 g/mol. The van der Waals surface area contributed by atoms with Crippen LogP contribution in [0.4, 0.5) is 0 Å². The molecule has 0 aliphatic carbocycles. The molecule has 0 aromatic heterocycles. The van der Waals surface area contributed by atoms with E-state index in [9.17, 15) is 4.79 Å². The lowest BCUT2D eigenvalue weighted by Crippen LogP contribution is -2.11. The van der Waals surface area contributed by atoms with Crippen LogP contribution in [0, 0.1) is 17.8 Å². The van der Waals surface area contributed by atoms with Gasteiger partial charge in [-0.2, -0.15) is 0 Å². The SMILES string of the molecule is CCCC(CC)CC(C)C(C)/C=C/C=C/CC(C)OC=O. The van der Waals surface area contributed by atoms with E-state index in [1.54, 1.807) is 0 Å². The molecule has 0 fully saturated rings. The average Bonchev–Trinajstić information content (AvgIpc) is 2.46. The Morgan fingerprint density at radius 3 is 2.38 bits per heavy atom. The Bertz CT molecular complexity index is 307. The van der Waals surface area contributed by atoms with E-state index in [-0.39, 0.29) is 6.10 Å². The first-order chi connectivity index (χ1) is 10.0. The molecule has 0 amide bonds. The number of hydrogen-bond acceptors (Lipinski definition) is 2. The summed E-state index contributed by atoms with van der Waals surface area (Å²) in [5, 5.41) is 0. The minimum atomic E-state index is -0.0390. The molecule has 0 aromatic carbocycles. The number of carbonyl (C=O) groups is 1. The molecule has 0 spiro atoms. The first-order valence-electron chi connectivity index (χ1n) is 8.47. The van der Waals surface area contributed by atoms with E-state index in [2.05, 4.69) is 45.9 Å². The normalized spacial score (nSPS) is 17.8. The summed E-state index contributed by atoms with van der Waals surface area (Å²) < 4.78 is 4.83. The highest BCUT2D eigenvalue weighted by atomic mass is 16.5. The minimum absolute atomic E-state index is 0.0390. The second-order valence-electron chi connectivity index (χ2n) is 6.23. The van der Waals surface area contributed by atoms with Gasteiger partial charge in [0, 0.05) is 6.42 Å². The largest absolute Gasteiger partial charge is 0.465 e. The maximum absolute atomic E-state index is 10.2. The van der Waals surface area contributed by atoms with Gasteiger partial charge < -0.3 is 4.74 Å². The first kappa shape index (κ1) is 19.9. The Hall–Kier alpha value is -1.05. The van der Waals surface area contributed by atoms with Crippen molar-refractivity contribution >= 4 is 6.47 Å². The van der Waals surface area contributed by atoms with Crippen LogP contribution < -0.4 is 0 Å². The molecule has 0 radical (unpaired) electrons. The summed E-state index contributed by atoms with van der Waals surface area (Å²) in [5.74, 6) is 2.20. The molecule has 0 bridgehead atoms. The van der Waals surface area contributed by atoms with Crippen molar-refractivity contribution in [2.24, 2.45) is 17.8 Å². The van der Waals surface area contributed by atoms with E-state index in [0.29, 0.717) is 12.4 Å². The molecule has 0 N–H and O–H groups in total. The van der Waals surface area contributed by atoms with Crippen molar-refractivity contribution in [3.05, 3.63) is 24.3 Å². The van der Waals surface area contributed by atoms with Crippen LogP contribution in [0.15, 0.2) is 24.3 Å². The first-order valence-corrected chi connectivity index (χ1v) is 8.47. The second-order valence-corrected chi connectivity index (χ2v) is 6.23. The van der Waals surface area contributed by atoms with Gasteiger partial charge in [0.25, 0.3) is 6.47 Å². The third-order valence-corrected chi connectivity index (χ3v) is 4.29. The zero-order valence-electron chi connectivity index (χ0n) is 14.5. The smallest absolute Gasteiger partial charge is 0.293 e. The summed E-state index contributed by atoms with van der Waals surface area (Å²) in [5.41, 5.74) is 0. The number of hydrogen-bond donors (Lipinski definition) is 0. The van der Waals surface area contributed by atoms with E-state index >= 15 is 0 Å². The lowest BCUT2D eigenvalue weighted by atomic mass is 9.83. The molecule has 0 aromatic rings. The minimum Gasteiger partial charge on any atom is -0.465 e. The summed E-state index contributed by atoms with van der Waals surface area (Å²) in [6, 6.07) is 0. The van der Waals surface area contributed by atoms with Crippen molar-refractivity contribution in [3.63, 3.8) is 0 Å². The highest BCUT2D eigenvalue weighted by molar-refractivity contribution is 5.37. The van der Waals surface area contributed by atoms with E-state index in [0.717, 1.165) is 18.3 Å². The van der Waals surface area contributed by atoms with Crippen molar-refractivity contribution in [2.45, 2.75) is 72.8 Å². The van der Waals surface area contributed by atoms with E-state index < -0.39 is 0 Å². The van der Waals surface area contributed by atoms with Crippen LogP contribution in [0.25, 0.3) is 0 Å². The molecule has 2 heteroatoms. The number of carbonyl (C=O) groups excluding carboxylic acids is 1. The van der Waals surface area contributed by atoms with Gasteiger partial charge in [0.05, 0.1) is 0 Å². The average molecular weight is 294 g/mol. The Morgan fingerprint density at radius 2 is 1.81 bits per heavy atom. The highest BCUT2D eigenvalue weighted by Gasteiger charge is 2.14. The summed E-state index contributed by atoms with van der Waals surface area (Å²) >= 11 is 0. The fraction of sp³-hybridized carbons (Fsp3) is 0.737. The zero-order valence-corrected chi connectivity index (χ0v) is 14.5. The highest BCUT2D eigenvalue weighted by Crippen LogP contribution is 2.26. The zero-order chi connectivity index (χ0) is 16.1. The Morgan fingerprint density at radius 1 is 1.10 bits per heavy atom. The van der Waals surface area contributed by atoms with Crippen molar-refractivity contribution in [3.8, 4) is 0 Å². The third kappa shape index (κ3) is 10.3. The lowest BCUT2D eigenvalue weighted by Gasteiger charge is -2.22. The molecular formula is C19H34O2. The van der Waals surface area contributed by atoms with Crippen molar-refractivity contribution in [2.75, 3.05) is 0 Å². The molecule has 0 saturated carbocycles. The molecule has 0 saturated heterocycles. The maximum Gasteiger partial charge on any atom is 0.293 e. The predicted molar refractivity (Wildman–Crippen MR) is 91.1 cm³/mol. The van der Waals surface area contributed by atoms with Gasteiger partial charge in [-0.3, -0.25) is 4.79 Å². The molecule has 4 unspecified atom stereocenters. The molecule has 0 aliphatic heterocycles. The van der Waals surface area contributed by atoms with Crippen LogP contribution in [-0.4, -0.2) is 12.6 Å². The van der Waals surface area contributed by atoms with Gasteiger partial charge in [0.15, 0.2) is 0 Å². The Kier molecular flexibility index (Phi) is 12.0. The molecule has 4 atom stereocenters. The molecule has 122 valence electrons. The lowest BCUT2D eigenvalue weighted by molar-refractivity contribution is -0.132. The molecule has 21 heavy (non-hydrogen) atoms. The van der Waals surface area contributed by atoms with Crippen molar-refractivity contribution < 1.29 is 9.53 Å². The van der Waals surface area contributed by atoms with Gasteiger partial charge in [0.2, 0.25) is 0 Å². The molecule has 2 nitrogen and oxygen atoms in total. The maximum atomic E-state index is 10.2. The molecule has 0 rings (SSSR count). The van der Waals surface area contributed by atoms with E-state index in [1.165, 1.54) is 25.7 Å². The molecule has 0 aliphatic rings. The van der Waals surface area contributed by atoms with Crippen molar-refractivity contribution in [1.82, 2.24) is 0 Å². The standard InChI is InChI=1S/C19H34O2/c1-6-11-19(7-2)14-17(4)16(3)12-9-8-10-13-18(5)21-15-20/h8-10,12,15-19H,6-7,11,13-14H2,1-5H3/b10-8+,12-9+. The van der Waals surface area contributed by atoms with Gasteiger partial charge in [-0.05, 0) is 31.1 Å². The number of rotatable bonds is 12. The molecule has 0 heterocycles. The summed E-state index contributed by atoms with van der Waals surface area (Å²) in [6.45, 7) is 11.6. The topological polar surface area (TPSA) is 26.3 Å². The van der Waals surface area contributed by atoms with Gasteiger partial charge >= 0.3 is 0 Å². The summed E-state index contributed by atoms with van der Waals surface area (Å²) in [4.78, 5) is 10.2. The van der Waals surface area contributed by atoms with E-state index in [1.807, 2.05) is 13.0 Å². The second kappa shape index (κ2) is 12.7. The van der Waals surface area contributed by atoms with Crippen LogP contribution in [-0.2, 0) is 9.53 Å². The van der Waals surface area contributed by atoms with Crippen LogP contribution >= 0.6 is 0 Å². The predicted octanol–water partition coefficient (Wildman–Crippen LogP) is 5.54. The van der Waals surface area contributed by atoms with Gasteiger partial charge in [0.1, 0.15) is 6.10 Å². The van der Waals surface area contributed by atoms with Crippen molar-refractivity contribution in [1.29, 1.82) is 0 Å². The Balaban J connectivity index is 4.09. The molecular weight excluding hydrogens is 260 g/mol. The fourth-order valence-electron chi connectivity index (χ4n) is 2.57. The van der Waals surface area contributed by atoms with Crippen LogP contribution in [0.1, 0.15) is 66.7 Å². The summed E-state index contributed by atoms with van der Waals surface area (Å²) in [7, 11) is 0. The van der Waals surface area contributed by atoms with Gasteiger partial charge in [-0.1, -0.05) is 71.3 Å². The fourth-order valence-corrected chi connectivity index (χ4v) is 2.57. The number of ether oxygens (including phenoxy) is 1. The quantitative estimate of drug-likeness (QED) is 0.349.